The van der Waals surface area contributed by atoms with Crippen LogP contribution in [0.3, 0.4) is 0 Å². The first-order valence-electron chi connectivity index (χ1n) is 3.70. The summed E-state index contributed by atoms with van der Waals surface area (Å²) >= 11 is 0. The molecule has 0 saturated heterocycles. The molecular formula is C7H13NO4S. The van der Waals surface area contributed by atoms with E-state index in [4.69, 9.17) is 17.5 Å². The highest BCUT2D eigenvalue weighted by atomic mass is 32.3. The molecule has 0 amide bonds. The van der Waals surface area contributed by atoms with Gasteiger partial charge in [0.2, 0.25) is 0 Å². The van der Waals surface area contributed by atoms with Gasteiger partial charge in [0.05, 0.1) is 0 Å². The number of hydrogen-bond acceptors (Lipinski definition) is 3. The second kappa shape index (κ2) is 5.74. The van der Waals surface area contributed by atoms with Crippen molar-refractivity contribution in [1.82, 2.24) is 4.90 Å². The van der Waals surface area contributed by atoms with Crippen LogP contribution in [0.2, 0.25) is 0 Å². The Balaban J connectivity index is 0.000000252. The van der Waals surface area contributed by atoms with Gasteiger partial charge in [-0.2, -0.15) is 8.42 Å². The van der Waals surface area contributed by atoms with Crippen LogP contribution in [0.25, 0.3) is 0 Å². The lowest BCUT2D eigenvalue weighted by Crippen LogP contribution is -2.17. The highest BCUT2D eigenvalue weighted by Crippen LogP contribution is 1.95. The fourth-order valence-electron chi connectivity index (χ4n) is 0.742. The Labute approximate surface area is 77.9 Å². The molecule has 0 saturated carbocycles. The molecule has 1 aliphatic heterocycles. The molecule has 0 aromatic rings. The third-order valence-electron chi connectivity index (χ3n) is 1.29. The SMILES string of the molecule is CCN1C=CC=CC1.O=S(=O)(O)O. The van der Waals surface area contributed by atoms with Crippen LogP contribution in [-0.2, 0) is 10.4 Å². The number of hydrogen-bond donors (Lipinski definition) is 2. The summed E-state index contributed by atoms with van der Waals surface area (Å²) in [4.78, 5) is 2.25. The van der Waals surface area contributed by atoms with E-state index in [2.05, 4.69) is 36.3 Å². The number of rotatable bonds is 1. The molecule has 0 spiro atoms. The second-order valence-electron chi connectivity index (χ2n) is 2.31. The predicted molar refractivity (Wildman–Crippen MR) is 49.7 cm³/mol. The average Bonchev–Trinajstić information content (AvgIpc) is 2.03. The first-order chi connectivity index (χ1) is 5.93. The van der Waals surface area contributed by atoms with Gasteiger partial charge in [0.1, 0.15) is 0 Å². The third kappa shape index (κ3) is 11.1. The molecule has 0 aliphatic carbocycles. The van der Waals surface area contributed by atoms with Crippen LogP contribution in [0.15, 0.2) is 24.4 Å². The van der Waals surface area contributed by atoms with Gasteiger partial charge in [0.25, 0.3) is 0 Å². The van der Waals surface area contributed by atoms with Gasteiger partial charge in [-0.3, -0.25) is 9.11 Å². The number of nitrogens with zero attached hydrogens (tertiary/aromatic N) is 1. The molecule has 13 heavy (non-hydrogen) atoms. The molecular weight excluding hydrogens is 194 g/mol. The summed E-state index contributed by atoms with van der Waals surface area (Å²) in [5.74, 6) is 0. The van der Waals surface area contributed by atoms with Gasteiger partial charge in [0, 0.05) is 13.1 Å². The predicted octanol–water partition coefficient (Wildman–Crippen LogP) is 0.739. The van der Waals surface area contributed by atoms with Crippen molar-refractivity contribution >= 4 is 10.4 Å². The molecule has 1 aliphatic rings. The maximum absolute atomic E-state index is 8.74. The number of allylic oxidation sites excluding steroid dienone is 2. The smallest absolute Gasteiger partial charge is 0.374 e. The van der Waals surface area contributed by atoms with Crippen molar-refractivity contribution in [3.05, 3.63) is 24.4 Å². The van der Waals surface area contributed by atoms with Gasteiger partial charge in [-0.15, -0.1) is 0 Å². The van der Waals surface area contributed by atoms with Crippen molar-refractivity contribution in [2.45, 2.75) is 6.92 Å². The Kier molecular flexibility index (Phi) is 5.36. The summed E-state index contributed by atoms with van der Waals surface area (Å²) in [5.41, 5.74) is 0. The van der Waals surface area contributed by atoms with E-state index >= 15 is 0 Å². The molecule has 1 rings (SSSR count). The van der Waals surface area contributed by atoms with Crippen LogP contribution >= 0.6 is 0 Å². The summed E-state index contributed by atoms with van der Waals surface area (Å²) in [5, 5.41) is 0. The summed E-state index contributed by atoms with van der Waals surface area (Å²) < 4.78 is 31.6. The minimum Gasteiger partial charge on any atom is -0.374 e. The summed E-state index contributed by atoms with van der Waals surface area (Å²) in [6.45, 7) is 4.34. The van der Waals surface area contributed by atoms with Crippen LogP contribution in [0.5, 0.6) is 0 Å². The van der Waals surface area contributed by atoms with E-state index < -0.39 is 10.4 Å². The summed E-state index contributed by atoms with van der Waals surface area (Å²) in [6.07, 6.45) is 8.41. The lowest BCUT2D eigenvalue weighted by atomic mass is 10.3. The molecule has 2 N–H and O–H groups in total. The monoisotopic (exact) mass is 207 g/mol. The molecule has 6 heteroatoms. The Morgan fingerprint density at radius 2 is 1.92 bits per heavy atom. The third-order valence-corrected chi connectivity index (χ3v) is 1.29. The molecule has 0 bridgehead atoms. The minimum absolute atomic E-state index is 1.08. The quantitative estimate of drug-likeness (QED) is 0.620. The van der Waals surface area contributed by atoms with E-state index in [1.54, 1.807) is 0 Å². The topological polar surface area (TPSA) is 77.8 Å². The standard InChI is InChI=1S/C7H11N.H2O4S/c1-2-8-6-4-3-5-7-8;1-5(2,3)4/h3-6H,2,7H2,1H3;(H2,1,2,3,4). The maximum Gasteiger partial charge on any atom is 0.394 e. The number of likely N-dealkylation sites (N-methyl/N-ethyl adjacent to an activating group) is 1. The van der Waals surface area contributed by atoms with E-state index in [-0.39, 0.29) is 0 Å². The lowest BCUT2D eigenvalue weighted by molar-refractivity contribution is 0.381. The molecule has 0 aromatic carbocycles. The highest BCUT2D eigenvalue weighted by molar-refractivity contribution is 7.79. The van der Waals surface area contributed by atoms with E-state index in [0.717, 1.165) is 13.1 Å². The zero-order valence-corrected chi connectivity index (χ0v) is 8.11. The molecule has 0 atom stereocenters. The zero-order chi connectivity index (χ0) is 10.3. The van der Waals surface area contributed by atoms with Crippen molar-refractivity contribution in [2.75, 3.05) is 13.1 Å². The van der Waals surface area contributed by atoms with E-state index in [1.807, 2.05) is 0 Å². The molecule has 1 heterocycles. The van der Waals surface area contributed by atoms with E-state index in [0.29, 0.717) is 0 Å². The van der Waals surface area contributed by atoms with Gasteiger partial charge in [-0.1, -0.05) is 12.2 Å². The van der Waals surface area contributed by atoms with E-state index in [9.17, 15) is 0 Å². The Morgan fingerprint density at radius 3 is 2.15 bits per heavy atom. The van der Waals surface area contributed by atoms with Crippen molar-refractivity contribution in [1.29, 1.82) is 0 Å². The molecule has 0 unspecified atom stereocenters. The van der Waals surface area contributed by atoms with Crippen LogP contribution in [0.4, 0.5) is 0 Å². The first kappa shape index (κ1) is 12.2. The van der Waals surface area contributed by atoms with Gasteiger partial charge in [-0.05, 0) is 19.2 Å². The molecule has 5 nitrogen and oxygen atoms in total. The van der Waals surface area contributed by atoms with Gasteiger partial charge in [-0.25, -0.2) is 0 Å². The first-order valence-corrected chi connectivity index (χ1v) is 5.10. The Hall–Kier alpha value is -0.850. The van der Waals surface area contributed by atoms with Crippen LogP contribution in [0, 0.1) is 0 Å². The normalized spacial score (nSPS) is 15.2. The van der Waals surface area contributed by atoms with Crippen molar-refractivity contribution in [3.63, 3.8) is 0 Å². The molecule has 0 fully saturated rings. The van der Waals surface area contributed by atoms with Gasteiger partial charge in [0.15, 0.2) is 0 Å². The zero-order valence-electron chi connectivity index (χ0n) is 7.29. The molecule has 0 radical (unpaired) electrons. The molecule has 76 valence electrons. The average molecular weight is 207 g/mol. The Bertz CT molecular complexity index is 273. The van der Waals surface area contributed by atoms with Gasteiger partial charge < -0.3 is 4.90 Å². The Morgan fingerprint density at radius 1 is 1.38 bits per heavy atom. The summed E-state index contributed by atoms with van der Waals surface area (Å²) in [7, 11) is -4.67. The second-order valence-corrected chi connectivity index (χ2v) is 3.20. The van der Waals surface area contributed by atoms with Crippen molar-refractivity contribution < 1.29 is 17.5 Å². The lowest BCUT2D eigenvalue weighted by Gasteiger charge is -2.16. The van der Waals surface area contributed by atoms with Crippen LogP contribution in [-0.4, -0.2) is 35.5 Å². The highest BCUT2D eigenvalue weighted by Gasteiger charge is 1.91. The summed E-state index contributed by atoms with van der Waals surface area (Å²) in [6, 6.07) is 0. The molecule has 0 aromatic heterocycles. The van der Waals surface area contributed by atoms with Crippen LogP contribution < -0.4 is 0 Å². The fraction of sp³-hybridized carbons (Fsp3) is 0.429. The largest absolute Gasteiger partial charge is 0.394 e. The van der Waals surface area contributed by atoms with Gasteiger partial charge >= 0.3 is 10.4 Å². The van der Waals surface area contributed by atoms with Crippen molar-refractivity contribution in [3.8, 4) is 0 Å². The minimum atomic E-state index is -4.67. The van der Waals surface area contributed by atoms with Crippen LogP contribution in [0.1, 0.15) is 6.92 Å². The maximum atomic E-state index is 8.74. The fourth-order valence-corrected chi connectivity index (χ4v) is 0.742. The van der Waals surface area contributed by atoms with Crippen molar-refractivity contribution in [2.24, 2.45) is 0 Å². The van der Waals surface area contributed by atoms with E-state index in [1.165, 1.54) is 0 Å².